The highest BCUT2D eigenvalue weighted by Crippen LogP contribution is 2.28. The molecule has 19 heavy (non-hydrogen) atoms. The Balaban J connectivity index is 2.13. The van der Waals surface area contributed by atoms with E-state index in [9.17, 15) is 4.79 Å². The van der Waals surface area contributed by atoms with Crippen molar-refractivity contribution in [1.29, 1.82) is 0 Å². The molecule has 0 bridgehead atoms. The van der Waals surface area contributed by atoms with Gasteiger partial charge in [0.2, 0.25) is 5.76 Å². The summed E-state index contributed by atoms with van der Waals surface area (Å²) in [5, 5.41) is 10.3. The first-order valence-electron chi connectivity index (χ1n) is 5.66. The van der Waals surface area contributed by atoms with Crippen LogP contribution in [0.25, 0.3) is 22.1 Å². The van der Waals surface area contributed by atoms with E-state index in [4.69, 9.17) is 21.1 Å². The van der Waals surface area contributed by atoms with Gasteiger partial charge in [-0.05, 0) is 35.4 Å². The molecule has 2 aromatic carbocycles. The predicted molar refractivity (Wildman–Crippen MR) is 73.6 cm³/mol. The molecule has 94 valence electrons. The van der Waals surface area contributed by atoms with Crippen LogP contribution in [0.3, 0.4) is 0 Å². The molecule has 0 atom stereocenters. The highest BCUT2D eigenvalue weighted by molar-refractivity contribution is 6.30. The summed E-state index contributed by atoms with van der Waals surface area (Å²) in [5.41, 5.74) is 2.44. The molecule has 0 fully saturated rings. The van der Waals surface area contributed by atoms with Gasteiger partial charge in [-0.25, -0.2) is 4.79 Å². The van der Waals surface area contributed by atoms with Gasteiger partial charge in [-0.2, -0.15) is 0 Å². The first kappa shape index (κ1) is 11.8. The maximum absolute atomic E-state index is 10.9. The Labute approximate surface area is 114 Å². The number of carboxylic acid groups (broad SMARTS) is 1. The van der Waals surface area contributed by atoms with Gasteiger partial charge < -0.3 is 9.52 Å². The van der Waals surface area contributed by atoms with E-state index in [1.165, 1.54) is 6.07 Å². The zero-order valence-electron chi connectivity index (χ0n) is 9.76. The molecule has 0 unspecified atom stereocenters. The van der Waals surface area contributed by atoms with E-state index in [-0.39, 0.29) is 5.76 Å². The summed E-state index contributed by atoms with van der Waals surface area (Å²) >= 11 is 5.96. The Morgan fingerprint density at radius 1 is 1.05 bits per heavy atom. The van der Waals surface area contributed by atoms with E-state index in [1.54, 1.807) is 6.07 Å². The van der Waals surface area contributed by atoms with Crippen molar-refractivity contribution in [3.05, 3.63) is 59.3 Å². The summed E-state index contributed by atoms with van der Waals surface area (Å²) in [5.74, 6) is -1.13. The van der Waals surface area contributed by atoms with Crippen LogP contribution >= 0.6 is 11.6 Å². The zero-order valence-corrected chi connectivity index (χ0v) is 10.5. The number of furan rings is 1. The first-order chi connectivity index (χ1) is 9.13. The molecule has 0 saturated heterocycles. The number of rotatable bonds is 2. The third kappa shape index (κ3) is 2.20. The Kier molecular flexibility index (Phi) is 2.76. The van der Waals surface area contributed by atoms with E-state index in [1.807, 2.05) is 36.4 Å². The summed E-state index contributed by atoms with van der Waals surface area (Å²) in [6, 6.07) is 14.5. The van der Waals surface area contributed by atoms with E-state index in [0.29, 0.717) is 10.6 Å². The molecule has 0 aliphatic rings. The van der Waals surface area contributed by atoms with Crippen LogP contribution in [0, 0.1) is 0 Å². The smallest absolute Gasteiger partial charge is 0.371 e. The lowest BCUT2D eigenvalue weighted by Gasteiger charge is -2.01. The predicted octanol–water partition coefficient (Wildman–Crippen LogP) is 4.45. The summed E-state index contributed by atoms with van der Waals surface area (Å²) in [7, 11) is 0. The van der Waals surface area contributed by atoms with Crippen molar-refractivity contribution in [2.24, 2.45) is 0 Å². The second-order valence-electron chi connectivity index (χ2n) is 4.18. The maximum Gasteiger partial charge on any atom is 0.371 e. The van der Waals surface area contributed by atoms with Crippen LogP contribution in [0.1, 0.15) is 10.6 Å². The fourth-order valence-electron chi connectivity index (χ4n) is 1.98. The fraction of sp³-hybridized carbons (Fsp3) is 0. The number of hydrogen-bond donors (Lipinski definition) is 1. The normalized spacial score (nSPS) is 10.8. The lowest BCUT2D eigenvalue weighted by molar-refractivity contribution is 0.0665. The molecular weight excluding hydrogens is 264 g/mol. The molecule has 0 radical (unpaired) electrons. The Morgan fingerprint density at radius 2 is 1.84 bits per heavy atom. The first-order valence-corrected chi connectivity index (χ1v) is 6.04. The van der Waals surface area contributed by atoms with Crippen molar-refractivity contribution >= 4 is 28.5 Å². The van der Waals surface area contributed by atoms with Gasteiger partial charge in [0.05, 0.1) is 0 Å². The molecule has 1 aromatic heterocycles. The van der Waals surface area contributed by atoms with Gasteiger partial charge >= 0.3 is 5.97 Å². The minimum atomic E-state index is -1.07. The van der Waals surface area contributed by atoms with Crippen molar-refractivity contribution in [2.75, 3.05) is 0 Å². The van der Waals surface area contributed by atoms with Crippen LogP contribution in [-0.2, 0) is 0 Å². The zero-order chi connectivity index (χ0) is 13.4. The Hall–Kier alpha value is -2.26. The van der Waals surface area contributed by atoms with Crippen molar-refractivity contribution < 1.29 is 14.3 Å². The molecule has 0 saturated carbocycles. The Bertz CT molecular complexity index is 774. The van der Waals surface area contributed by atoms with Gasteiger partial charge in [0.1, 0.15) is 5.58 Å². The molecule has 3 nitrogen and oxygen atoms in total. The number of benzene rings is 2. The molecule has 3 rings (SSSR count). The van der Waals surface area contributed by atoms with Crippen LogP contribution in [0.4, 0.5) is 0 Å². The SMILES string of the molecule is O=C(O)c1cc2ccc(-c3cccc(Cl)c3)cc2o1. The molecule has 0 aliphatic carbocycles. The molecule has 3 aromatic rings. The molecule has 0 spiro atoms. The minimum absolute atomic E-state index is 0.0572. The second kappa shape index (κ2) is 4.44. The quantitative estimate of drug-likeness (QED) is 0.750. The van der Waals surface area contributed by atoms with E-state index in [0.717, 1.165) is 16.5 Å². The molecular formula is C15H9ClO3. The van der Waals surface area contributed by atoms with Gasteiger partial charge in [-0.1, -0.05) is 35.9 Å². The molecule has 4 heteroatoms. The maximum atomic E-state index is 10.9. The summed E-state index contributed by atoms with van der Waals surface area (Å²) in [6.45, 7) is 0. The number of aromatic carboxylic acids is 1. The van der Waals surface area contributed by atoms with Crippen molar-refractivity contribution in [3.8, 4) is 11.1 Å². The lowest BCUT2D eigenvalue weighted by Crippen LogP contribution is -1.91. The van der Waals surface area contributed by atoms with Crippen molar-refractivity contribution in [2.45, 2.75) is 0 Å². The number of fused-ring (bicyclic) bond motifs is 1. The Morgan fingerprint density at radius 3 is 2.58 bits per heavy atom. The van der Waals surface area contributed by atoms with E-state index < -0.39 is 5.97 Å². The third-order valence-electron chi connectivity index (χ3n) is 2.89. The van der Waals surface area contributed by atoms with Crippen molar-refractivity contribution in [1.82, 2.24) is 0 Å². The number of hydrogen-bond acceptors (Lipinski definition) is 2. The van der Waals surface area contributed by atoms with E-state index >= 15 is 0 Å². The summed E-state index contributed by atoms with van der Waals surface area (Å²) < 4.78 is 5.29. The van der Waals surface area contributed by atoms with Crippen LogP contribution in [0.2, 0.25) is 5.02 Å². The average molecular weight is 273 g/mol. The topological polar surface area (TPSA) is 50.4 Å². The second-order valence-corrected chi connectivity index (χ2v) is 4.62. The largest absolute Gasteiger partial charge is 0.475 e. The highest BCUT2D eigenvalue weighted by Gasteiger charge is 2.11. The van der Waals surface area contributed by atoms with Crippen LogP contribution in [0.5, 0.6) is 0 Å². The lowest BCUT2D eigenvalue weighted by atomic mass is 10.0. The number of halogens is 1. The number of carboxylic acids is 1. The standard InChI is InChI=1S/C15H9ClO3/c16-12-3-1-2-9(6-12)10-4-5-11-8-14(15(17)18)19-13(11)7-10/h1-8H,(H,17,18). The highest BCUT2D eigenvalue weighted by atomic mass is 35.5. The number of carbonyl (C=O) groups is 1. The van der Waals surface area contributed by atoms with Gasteiger partial charge in [-0.3, -0.25) is 0 Å². The van der Waals surface area contributed by atoms with Gasteiger partial charge in [0, 0.05) is 10.4 Å². The summed E-state index contributed by atoms with van der Waals surface area (Å²) in [6.07, 6.45) is 0. The minimum Gasteiger partial charge on any atom is -0.475 e. The van der Waals surface area contributed by atoms with Gasteiger partial charge in [0.15, 0.2) is 0 Å². The monoisotopic (exact) mass is 272 g/mol. The molecule has 1 N–H and O–H groups in total. The third-order valence-corrected chi connectivity index (χ3v) is 3.12. The van der Waals surface area contributed by atoms with Crippen LogP contribution in [0.15, 0.2) is 52.9 Å². The summed E-state index contributed by atoms with van der Waals surface area (Å²) in [4.78, 5) is 10.9. The van der Waals surface area contributed by atoms with Gasteiger partial charge in [-0.15, -0.1) is 0 Å². The molecule has 1 heterocycles. The molecule has 0 amide bonds. The fourth-order valence-corrected chi connectivity index (χ4v) is 2.17. The van der Waals surface area contributed by atoms with E-state index in [2.05, 4.69) is 0 Å². The van der Waals surface area contributed by atoms with Crippen molar-refractivity contribution in [3.63, 3.8) is 0 Å². The van der Waals surface area contributed by atoms with Crippen LogP contribution in [-0.4, -0.2) is 11.1 Å². The average Bonchev–Trinajstić information content (AvgIpc) is 2.81. The van der Waals surface area contributed by atoms with Gasteiger partial charge in [0.25, 0.3) is 0 Å². The van der Waals surface area contributed by atoms with Crippen LogP contribution < -0.4 is 0 Å². The molecule has 0 aliphatic heterocycles.